The maximum atomic E-state index is 5.91. The van der Waals surface area contributed by atoms with Crippen LogP contribution in [0.4, 0.5) is 0 Å². The fourth-order valence-corrected chi connectivity index (χ4v) is 3.68. The lowest BCUT2D eigenvalue weighted by Gasteiger charge is -2.27. The highest BCUT2D eigenvalue weighted by Crippen LogP contribution is 2.17. The molecule has 0 aromatic heterocycles. The van der Waals surface area contributed by atoms with E-state index >= 15 is 0 Å². The Morgan fingerprint density at radius 1 is 0.359 bits per heavy atom. The van der Waals surface area contributed by atoms with Crippen molar-refractivity contribution >= 4 is 0 Å². The van der Waals surface area contributed by atoms with Gasteiger partial charge >= 0.3 is 0 Å². The first-order valence-electron chi connectivity index (χ1n) is 13.4. The number of hydrogen-bond donors (Lipinski definition) is 0. The van der Waals surface area contributed by atoms with Crippen molar-refractivity contribution in [3.63, 3.8) is 0 Å². The Hall–Kier alpha value is -0.480. The van der Waals surface area contributed by atoms with Crippen LogP contribution in [-0.2, 0) is 56.8 Å². The highest BCUT2D eigenvalue weighted by atomic mass is 16.6. The van der Waals surface area contributed by atoms with Crippen LogP contribution in [0, 0.1) is 5.92 Å². The van der Waals surface area contributed by atoms with Gasteiger partial charge < -0.3 is 56.8 Å². The van der Waals surface area contributed by atoms with Gasteiger partial charge in [-0.3, -0.25) is 0 Å². The number of methoxy groups -OCH3 is 8. The smallest absolute Gasteiger partial charge is 0.104 e. The third kappa shape index (κ3) is 19.3. The molecule has 0 aromatic carbocycles. The highest BCUT2D eigenvalue weighted by molar-refractivity contribution is 4.72. The first-order valence-corrected chi connectivity index (χ1v) is 13.4. The van der Waals surface area contributed by atoms with E-state index in [1.54, 1.807) is 56.9 Å². The lowest BCUT2D eigenvalue weighted by molar-refractivity contribution is -0.0952. The summed E-state index contributed by atoms with van der Waals surface area (Å²) in [6.07, 6.45) is -0.0944. The molecule has 0 aliphatic carbocycles. The van der Waals surface area contributed by atoms with Gasteiger partial charge in [-0.05, 0) is 12.3 Å². The standard InChI is InChI=1S/C27H56O12/c1-21(27(35-9)20-39-19-26(34-8)18-38-15-24(32-6)12-29-3)10-22(30-4)13-36-16-25(33-7)17-37-14-23(31-5)11-28-2/h21-27H,10-20H2,1-9H3. The molecular weight excluding hydrogens is 516 g/mol. The van der Waals surface area contributed by atoms with E-state index in [9.17, 15) is 0 Å². The molecule has 7 atom stereocenters. The molecule has 236 valence electrons. The van der Waals surface area contributed by atoms with Crippen molar-refractivity contribution in [1.82, 2.24) is 0 Å². The van der Waals surface area contributed by atoms with Crippen molar-refractivity contribution < 1.29 is 56.8 Å². The van der Waals surface area contributed by atoms with Crippen LogP contribution in [0.5, 0.6) is 0 Å². The molecule has 0 bridgehead atoms. The second-order valence-electron chi connectivity index (χ2n) is 9.34. The van der Waals surface area contributed by atoms with Crippen molar-refractivity contribution in [3.05, 3.63) is 0 Å². The third-order valence-corrected chi connectivity index (χ3v) is 6.35. The van der Waals surface area contributed by atoms with Gasteiger partial charge in [0.25, 0.3) is 0 Å². The average molecular weight is 573 g/mol. The summed E-state index contributed by atoms with van der Waals surface area (Å²) in [4.78, 5) is 0. The van der Waals surface area contributed by atoms with Gasteiger partial charge in [0.1, 0.15) is 24.4 Å². The molecule has 39 heavy (non-hydrogen) atoms. The fraction of sp³-hybridized carbons (Fsp3) is 1.00. The zero-order chi connectivity index (χ0) is 29.3. The minimum Gasteiger partial charge on any atom is -0.382 e. The van der Waals surface area contributed by atoms with Crippen molar-refractivity contribution in [2.75, 3.05) is 123 Å². The molecule has 0 N–H and O–H groups in total. The molecule has 0 aliphatic heterocycles. The quantitative estimate of drug-likeness (QED) is 0.129. The number of rotatable bonds is 29. The molecule has 0 heterocycles. The monoisotopic (exact) mass is 572 g/mol. The molecule has 0 rings (SSSR count). The van der Waals surface area contributed by atoms with Crippen LogP contribution in [0.25, 0.3) is 0 Å². The van der Waals surface area contributed by atoms with E-state index < -0.39 is 0 Å². The summed E-state index contributed by atoms with van der Waals surface area (Å²) in [6.45, 7) is 6.31. The first kappa shape index (κ1) is 38.5. The second-order valence-corrected chi connectivity index (χ2v) is 9.34. The third-order valence-electron chi connectivity index (χ3n) is 6.35. The molecule has 0 fully saturated rings. The Labute approximate surface area is 236 Å². The lowest BCUT2D eigenvalue weighted by atomic mass is 9.98. The van der Waals surface area contributed by atoms with Gasteiger partial charge in [-0.25, -0.2) is 0 Å². The van der Waals surface area contributed by atoms with E-state index in [0.717, 1.165) is 6.42 Å². The van der Waals surface area contributed by atoms with Gasteiger partial charge in [0.2, 0.25) is 0 Å². The molecule has 0 radical (unpaired) electrons. The molecule has 0 saturated heterocycles. The summed E-state index contributed by atoms with van der Waals surface area (Å²) < 4.78 is 66.3. The molecule has 0 spiro atoms. The zero-order valence-electron chi connectivity index (χ0n) is 25.7. The van der Waals surface area contributed by atoms with Crippen LogP contribution in [-0.4, -0.2) is 160 Å². The highest BCUT2D eigenvalue weighted by Gasteiger charge is 2.23. The zero-order valence-corrected chi connectivity index (χ0v) is 25.7. The summed E-state index contributed by atoms with van der Waals surface area (Å²) >= 11 is 0. The fourth-order valence-electron chi connectivity index (χ4n) is 3.68. The van der Waals surface area contributed by atoms with E-state index in [0.29, 0.717) is 66.1 Å². The van der Waals surface area contributed by atoms with Crippen molar-refractivity contribution in [3.8, 4) is 0 Å². The Bertz CT molecular complexity index is 515. The van der Waals surface area contributed by atoms with Crippen LogP contribution in [0.3, 0.4) is 0 Å². The van der Waals surface area contributed by atoms with Crippen LogP contribution < -0.4 is 0 Å². The number of hydrogen-bond acceptors (Lipinski definition) is 12. The SMILES string of the molecule is COCC(COCC(COCC(CC(C)C(COCC(COCC(COC)OC)OC)OC)OC)OC)OC. The van der Waals surface area contributed by atoms with E-state index in [2.05, 4.69) is 6.92 Å². The predicted molar refractivity (Wildman–Crippen MR) is 146 cm³/mol. The van der Waals surface area contributed by atoms with Crippen LogP contribution in [0.15, 0.2) is 0 Å². The van der Waals surface area contributed by atoms with Gasteiger partial charge in [-0.2, -0.15) is 0 Å². The Morgan fingerprint density at radius 2 is 0.667 bits per heavy atom. The second kappa shape index (κ2) is 26.4. The molecule has 0 amide bonds. The molecule has 0 aliphatic rings. The molecular formula is C27H56O12. The molecule has 0 saturated carbocycles. The van der Waals surface area contributed by atoms with Crippen molar-refractivity contribution in [2.24, 2.45) is 5.92 Å². The van der Waals surface area contributed by atoms with E-state index in [1.165, 1.54) is 0 Å². The Morgan fingerprint density at radius 3 is 0.974 bits per heavy atom. The summed E-state index contributed by atoms with van der Waals surface area (Å²) in [5.41, 5.74) is 0. The number of ether oxygens (including phenoxy) is 12. The average Bonchev–Trinajstić information content (AvgIpc) is 2.95. The van der Waals surface area contributed by atoms with Crippen molar-refractivity contribution in [1.29, 1.82) is 0 Å². The minimum absolute atomic E-state index is 0.100. The van der Waals surface area contributed by atoms with E-state index in [1.807, 2.05) is 0 Å². The van der Waals surface area contributed by atoms with Gasteiger partial charge in [0, 0.05) is 56.9 Å². The van der Waals surface area contributed by atoms with Crippen molar-refractivity contribution in [2.45, 2.75) is 50.0 Å². The van der Waals surface area contributed by atoms with E-state index in [4.69, 9.17) is 56.8 Å². The Kier molecular flexibility index (Phi) is 26.1. The Balaban J connectivity index is 4.37. The maximum Gasteiger partial charge on any atom is 0.104 e. The first-order chi connectivity index (χ1) is 18.9. The summed E-state index contributed by atoms with van der Waals surface area (Å²) in [5.74, 6) is 0.172. The molecule has 0 aromatic rings. The van der Waals surface area contributed by atoms with Gasteiger partial charge in [0.15, 0.2) is 0 Å². The van der Waals surface area contributed by atoms with Gasteiger partial charge in [-0.15, -0.1) is 0 Å². The van der Waals surface area contributed by atoms with Crippen LogP contribution in [0.2, 0.25) is 0 Å². The molecule has 7 unspecified atom stereocenters. The normalized spacial score (nSPS) is 17.5. The largest absolute Gasteiger partial charge is 0.382 e. The van der Waals surface area contributed by atoms with Gasteiger partial charge in [-0.1, -0.05) is 6.92 Å². The van der Waals surface area contributed by atoms with Crippen LogP contribution in [0.1, 0.15) is 13.3 Å². The topological polar surface area (TPSA) is 111 Å². The molecule has 12 heteroatoms. The lowest BCUT2D eigenvalue weighted by Crippen LogP contribution is -2.34. The predicted octanol–water partition coefficient (Wildman–Crippen LogP) is 1.46. The van der Waals surface area contributed by atoms with E-state index in [-0.39, 0.29) is 42.5 Å². The summed E-state index contributed by atoms with van der Waals surface area (Å²) in [6, 6.07) is 0. The summed E-state index contributed by atoms with van der Waals surface area (Å²) in [5, 5.41) is 0. The molecule has 12 nitrogen and oxygen atoms in total. The van der Waals surface area contributed by atoms with Crippen LogP contribution >= 0.6 is 0 Å². The minimum atomic E-state index is -0.198. The summed E-state index contributed by atoms with van der Waals surface area (Å²) in [7, 11) is 13.2. The maximum absolute atomic E-state index is 5.91. The van der Waals surface area contributed by atoms with Gasteiger partial charge in [0.05, 0.1) is 78.3 Å².